The summed E-state index contributed by atoms with van der Waals surface area (Å²) in [5.41, 5.74) is 9.66. The molecule has 7 aromatic carbocycles. The number of aryl methyl sites for hydroxylation is 2. The molecule has 1 aliphatic carbocycles. The van der Waals surface area contributed by atoms with Gasteiger partial charge in [0.05, 0.1) is 19.8 Å². The maximum absolute atomic E-state index is 12.9. The number of carbonyl (C=O) groups is 4. The van der Waals surface area contributed by atoms with Crippen molar-refractivity contribution in [1.29, 1.82) is 0 Å². The molecule has 0 bridgehead atoms. The van der Waals surface area contributed by atoms with Crippen LogP contribution in [0.4, 0.5) is 5.69 Å². The molecule has 2 aromatic heterocycles. The number of anilines is 1. The zero-order valence-electron chi connectivity index (χ0n) is 44.9. The lowest BCUT2D eigenvalue weighted by atomic mass is 9.85. The Morgan fingerprint density at radius 3 is 1.94 bits per heavy atom. The van der Waals surface area contributed by atoms with Crippen LogP contribution in [-0.2, 0) is 27.8 Å². The first-order chi connectivity index (χ1) is 37.9. The summed E-state index contributed by atoms with van der Waals surface area (Å²) >= 11 is 0. The summed E-state index contributed by atoms with van der Waals surface area (Å²) in [5.74, 6) is -3.83. The Hall–Kier alpha value is -10.0. The van der Waals surface area contributed by atoms with Crippen LogP contribution < -0.4 is 19.3 Å². The molecule has 2 heterocycles. The van der Waals surface area contributed by atoms with Crippen molar-refractivity contribution in [2.75, 3.05) is 33.2 Å². The van der Waals surface area contributed by atoms with Gasteiger partial charge in [-0.1, -0.05) is 90.7 Å². The largest absolute Gasteiger partial charge is 0.872 e. The standard InChI is InChI=1S/C26H28N3.C23H16O6.C17H16O4/c1-19-17-21(20(2)29(19)24-9-7-6-8-10-24)11-13-23-14-12-22-18-25(27(3)4)15-16-26(22)28(23)5;24-20-16(14-7-3-1-5-12(14)9-18(20)22(26)27)11-17-15-8-4-2-6-13(15)10-19(21(17)25)23(28)29;1-4-13(11-5-7-12(20-2)8-6-11)14-9-16(19)17(21-3)10-15(14)18/h6-18H,1-5H3;1-10,24-25H,11H2,(H,26,27)(H,28,29);4-10,13H,1H2,2-3H3/q+1;;/p-1. The number of allylic oxidation sites excluding steroid dienone is 4. The molecule has 1 unspecified atom stereocenters. The molecule has 0 radical (unpaired) electrons. The molecule has 10 rings (SSSR count). The number of ether oxygens (including phenoxy) is 2. The molecule has 1 atom stereocenters. The topological polar surface area (TPSA) is 183 Å². The number of aromatic carboxylic acids is 2. The molecular weight excluding hydrogens is 995 g/mol. The van der Waals surface area contributed by atoms with Gasteiger partial charge in [-0.2, -0.15) is 4.57 Å². The molecular formula is C66H59N3O10. The Kier molecular flexibility index (Phi) is 16.7. The predicted molar refractivity (Wildman–Crippen MR) is 308 cm³/mol. The first kappa shape index (κ1) is 55.2. The Bertz CT molecular complexity index is 3840. The molecule has 398 valence electrons. The van der Waals surface area contributed by atoms with Crippen molar-refractivity contribution in [3.05, 3.63) is 238 Å². The number of hydrogen-bond donors (Lipinski definition) is 3. The van der Waals surface area contributed by atoms with Crippen LogP contribution in [0, 0.1) is 13.8 Å². The highest BCUT2D eigenvalue weighted by Gasteiger charge is 2.27. The molecule has 3 N–H and O–H groups in total. The van der Waals surface area contributed by atoms with E-state index in [1.807, 2.05) is 12.1 Å². The van der Waals surface area contributed by atoms with E-state index in [1.165, 1.54) is 76.3 Å². The number of carbonyl (C=O) groups excluding carboxylic acids is 2. The second-order valence-electron chi connectivity index (χ2n) is 19.0. The first-order valence-electron chi connectivity index (χ1n) is 25.2. The summed E-state index contributed by atoms with van der Waals surface area (Å²) in [5, 5.41) is 46.1. The van der Waals surface area contributed by atoms with Gasteiger partial charge in [0.15, 0.2) is 11.5 Å². The quantitative estimate of drug-likeness (QED) is 0.0567. The summed E-state index contributed by atoms with van der Waals surface area (Å²) in [4.78, 5) is 49.3. The summed E-state index contributed by atoms with van der Waals surface area (Å²) in [6, 6.07) is 47.6. The van der Waals surface area contributed by atoms with Gasteiger partial charge in [0.2, 0.25) is 17.0 Å². The molecule has 79 heavy (non-hydrogen) atoms. The van der Waals surface area contributed by atoms with Crippen LogP contribution in [0.25, 0.3) is 50.3 Å². The zero-order valence-corrected chi connectivity index (χ0v) is 44.9. The number of methoxy groups -OCH3 is 2. The maximum Gasteiger partial charge on any atom is 0.339 e. The number of aromatic nitrogens is 2. The number of rotatable bonds is 13. The van der Waals surface area contributed by atoms with E-state index in [9.17, 15) is 39.6 Å². The van der Waals surface area contributed by atoms with E-state index in [1.54, 1.807) is 73.8 Å². The number of fused-ring (bicyclic) bond motifs is 3. The van der Waals surface area contributed by atoms with Gasteiger partial charge in [0.1, 0.15) is 24.1 Å². The molecule has 0 saturated carbocycles. The second-order valence-corrected chi connectivity index (χ2v) is 19.0. The molecule has 9 aromatic rings. The zero-order chi connectivity index (χ0) is 56.7. The molecule has 0 saturated heterocycles. The Labute approximate surface area is 457 Å². The second kappa shape index (κ2) is 23.9. The predicted octanol–water partition coefficient (Wildman–Crippen LogP) is 11.6. The normalized spacial score (nSPS) is 12.5. The van der Waals surface area contributed by atoms with E-state index in [-0.39, 0.29) is 51.9 Å². The first-order valence-corrected chi connectivity index (χ1v) is 25.2. The number of nitrogens with zero attached hydrogens (tertiary/aromatic N) is 3. The number of para-hydroxylation sites is 1. The van der Waals surface area contributed by atoms with Gasteiger partial charge in [-0.3, -0.25) is 9.59 Å². The van der Waals surface area contributed by atoms with Gasteiger partial charge >= 0.3 is 11.9 Å². The number of phenols is 1. The number of ketones is 2. The average molecular weight is 1050 g/mol. The summed E-state index contributed by atoms with van der Waals surface area (Å²) in [6.45, 7) is 8.11. The number of aromatic hydroxyl groups is 1. The lowest BCUT2D eigenvalue weighted by molar-refractivity contribution is -0.646. The van der Waals surface area contributed by atoms with Crippen molar-refractivity contribution in [2.24, 2.45) is 7.05 Å². The highest BCUT2D eigenvalue weighted by molar-refractivity contribution is 6.20. The summed E-state index contributed by atoms with van der Waals surface area (Å²) in [7, 11) is 9.23. The smallest absolute Gasteiger partial charge is 0.339 e. The van der Waals surface area contributed by atoms with Crippen molar-refractivity contribution in [1.82, 2.24) is 4.57 Å². The van der Waals surface area contributed by atoms with Crippen LogP contribution in [0.3, 0.4) is 0 Å². The lowest BCUT2D eigenvalue weighted by Crippen LogP contribution is -2.32. The summed E-state index contributed by atoms with van der Waals surface area (Å²) < 4.78 is 14.5. The average Bonchev–Trinajstić information content (AvgIpc) is 3.93. The third-order valence-corrected chi connectivity index (χ3v) is 14.0. The van der Waals surface area contributed by atoms with Crippen LogP contribution in [-0.4, -0.2) is 71.7 Å². The van der Waals surface area contributed by atoms with E-state index < -0.39 is 23.4 Å². The van der Waals surface area contributed by atoms with E-state index in [0.717, 1.165) is 11.3 Å². The van der Waals surface area contributed by atoms with Gasteiger partial charge in [-0.05, 0) is 125 Å². The van der Waals surface area contributed by atoms with Gasteiger partial charge < -0.3 is 39.4 Å². The van der Waals surface area contributed by atoms with E-state index in [4.69, 9.17) is 9.47 Å². The highest BCUT2D eigenvalue weighted by atomic mass is 16.5. The van der Waals surface area contributed by atoms with Gasteiger partial charge in [-0.25, -0.2) is 9.59 Å². The molecule has 0 aliphatic heterocycles. The molecule has 0 fully saturated rings. The summed E-state index contributed by atoms with van der Waals surface area (Å²) in [6.07, 6.45) is 8.50. The van der Waals surface area contributed by atoms with Crippen LogP contribution in [0.5, 0.6) is 17.2 Å². The molecule has 1 aliphatic rings. The van der Waals surface area contributed by atoms with E-state index in [2.05, 4.69) is 134 Å². The molecule has 0 amide bonds. The SMILES string of the molecule is C=CC(C1=CC(=O)C(OC)=CC1=O)c1ccc(OC)cc1.Cc1cc(C=Cc2ccc3cc(N(C)C)ccc3[n+]2C)c(C)n1-c1ccccc1.O=C(O)c1cc2ccccc2c(Cc2c(O)c(C(=O)O)cc3ccccc23)c1[O-]. The molecule has 0 spiro atoms. The number of pyridine rings is 1. The highest BCUT2D eigenvalue weighted by Crippen LogP contribution is 2.38. The number of carboxylic acid groups (broad SMARTS) is 2. The van der Waals surface area contributed by atoms with Gasteiger partial charge in [-0.15, -0.1) is 6.58 Å². The van der Waals surface area contributed by atoms with Crippen molar-refractivity contribution in [3.63, 3.8) is 0 Å². The van der Waals surface area contributed by atoms with Crippen LogP contribution in [0.15, 0.2) is 188 Å². The van der Waals surface area contributed by atoms with Crippen molar-refractivity contribution >= 4 is 73.8 Å². The third kappa shape index (κ3) is 11.7. The minimum atomic E-state index is -1.34. The van der Waals surface area contributed by atoms with Crippen molar-refractivity contribution in [3.8, 4) is 22.9 Å². The Morgan fingerprint density at radius 2 is 1.33 bits per heavy atom. The molecule has 13 heteroatoms. The Morgan fingerprint density at radius 1 is 0.709 bits per heavy atom. The maximum atomic E-state index is 12.9. The van der Waals surface area contributed by atoms with Crippen LogP contribution in [0.2, 0.25) is 0 Å². The van der Waals surface area contributed by atoms with E-state index in [0.29, 0.717) is 27.1 Å². The number of hydrogen-bond acceptors (Lipinski definition) is 9. The third-order valence-electron chi connectivity index (χ3n) is 14.0. The Balaban J connectivity index is 0.000000159. The van der Waals surface area contributed by atoms with E-state index >= 15 is 0 Å². The van der Waals surface area contributed by atoms with Gasteiger partial charge in [0, 0.05) is 90.0 Å². The lowest BCUT2D eigenvalue weighted by Gasteiger charge is -2.21. The van der Waals surface area contributed by atoms with Crippen LogP contribution in [0.1, 0.15) is 66.0 Å². The molecule has 13 nitrogen and oxygen atoms in total. The van der Waals surface area contributed by atoms with Crippen LogP contribution >= 0.6 is 0 Å². The number of carboxylic acids is 2. The fraction of sp³-hybridized carbons (Fsp3) is 0.136. The fourth-order valence-corrected chi connectivity index (χ4v) is 9.84. The minimum absolute atomic E-state index is 0.0568. The van der Waals surface area contributed by atoms with Crippen molar-refractivity contribution in [2.45, 2.75) is 26.2 Å². The van der Waals surface area contributed by atoms with Gasteiger partial charge in [0.25, 0.3) is 0 Å². The fourth-order valence-electron chi connectivity index (χ4n) is 9.84. The number of benzene rings is 7. The minimum Gasteiger partial charge on any atom is -0.872 e. The van der Waals surface area contributed by atoms with Crippen molar-refractivity contribution < 1.29 is 53.6 Å². The monoisotopic (exact) mass is 1050 g/mol.